The van der Waals surface area contributed by atoms with E-state index >= 15 is 0 Å². The Morgan fingerprint density at radius 2 is 1.11 bits per heavy atom. The molecule has 0 aliphatic rings. The van der Waals surface area contributed by atoms with Gasteiger partial charge in [-0.25, -0.2) is 4.79 Å². The van der Waals surface area contributed by atoms with Crippen LogP contribution in [0.5, 0.6) is 0 Å². The maximum absolute atomic E-state index is 12.9. The van der Waals surface area contributed by atoms with Crippen LogP contribution in [-0.2, 0) is 9.53 Å². The lowest BCUT2D eigenvalue weighted by Gasteiger charge is -2.31. The molecule has 2 nitrogen and oxygen atoms in total. The van der Waals surface area contributed by atoms with E-state index in [1.165, 1.54) is 15.9 Å². The van der Waals surface area contributed by atoms with Crippen LogP contribution in [0.2, 0.25) is 0 Å². The molecule has 0 saturated carbocycles. The third kappa shape index (κ3) is 4.15. The van der Waals surface area contributed by atoms with Crippen molar-refractivity contribution in [3.05, 3.63) is 91.0 Å². The van der Waals surface area contributed by atoms with E-state index in [1.807, 2.05) is 68.4 Å². The van der Waals surface area contributed by atoms with E-state index in [0.717, 1.165) is 0 Å². The van der Waals surface area contributed by atoms with Crippen LogP contribution in [0.25, 0.3) is 0 Å². The lowest BCUT2D eigenvalue weighted by atomic mass is 10.3. The van der Waals surface area contributed by atoms with Crippen molar-refractivity contribution in [3.63, 3.8) is 0 Å². The molecule has 0 spiro atoms. The van der Waals surface area contributed by atoms with Crippen molar-refractivity contribution in [1.29, 1.82) is 0 Å². The summed E-state index contributed by atoms with van der Waals surface area (Å²) in [7, 11) is -2.20. The van der Waals surface area contributed by atoms with E-state index in [1.54, 1.807) is 0 Å². The molecule has 27 heavy (non-hydrogen) atoms. The van der Waals surface area contributed by atoms with Crippen molar-refractivity contribution in [2.45, 2.75) is 19.5 Å². The van der Waals surface area contributed by atoms with E-state index in [2.05, 4.69) is 36.4 Å². The van der Waals surface area contributed by atoms with Gasteiger partial charge in [-0.1, -0.05) is 54.6 Å². The molecule has 3 aromatic rings. The second-order valence-corrected chi connectivity index (χ2v) is 9.93. The first kappa shape index (κ1) is 21.3. The van der Waals surface area contributed by atoms with E-state index in [9.17, 15) is 4.79 Å². The Balaban J connectivity index is 0.00000261. The highest BCUT2D eigenvalue weighted by atomic mass is 79.9. The highest BCUT2D eigenvalue weighted by Crippen LogP contribution is 2.59. The van der Waals surface area contributed by atoms with Crippen LogP contribution in [0.1, 0.15) is 13.8 Å². The zero-order chi connectivity index (χ0) is 18.4. The molecule has 0 N–H and O–H groups in total. The van der Waals surface area contributed by atoms with Gasteiger partial charge in [0, 0.05) is 0 Å². The zero-order valence-electron chi connectivity index (χ0n) is 15.6. The van der Waals surface area contributed by atoms with Gasteiger partial charge in [0.2, 0.25) is 0 Å². The van der Waals surface area contributed by atoms with Gasteiger partial charge in [-0.2, -0.15) is 0 Å². The Bertz CT molecular complexity index is 741. The minimum atomic E-state index is -2.20. The minimum Gasteiger partial charge on any atom is -1.00 e. The fraction of sp³-hybridized carbons (Fsp3) is 0.174. The molecule has 0 saturated heterocycles. The maximum Gasteiger partial charge on any atom is 0.347 e. The van der Waals surface area contributed by atoms with Crippen LogP contribution >= 0.6 is 7.26 Å². The minimum absolute atomic E-state index is 0. The molecule has 1 atom stereocenters. The van der Waals surface area contributed by atoms with Crippen LogP contribution in [0.3, 0.4) is 0 Å². The van der Waals surface area contributed by atoms with Gasteiger partial charge in [0.15, 0.2) is 5.66 Å². The average Bonchev–Trinajstić information content (AvgIpc) is 2.71. The molecule has 0 aliphatic carbocycles. The van der Waals surface area contributed by atoms with Gasteiger partial charge in [-0.15, -0.1) is 0 Å². The van der Waals surface area contributed by atoms with Crippen molar-refractivity contribution in [3.8, 4) is 0 Å². The second-order valence-electron chi connectivity index (χ2n) is 6.16. The Kier molecular flexibility index (Phi) is 7.77. The van der Waals surface area contributed by atoms with Crippen molar-refractivity contribution in [2.24, 2.45) is 0 Å². The largest absolute Gasteiger partial charge is 1.00 e. The molecule has 0 fully saturated rings. The Hall–Kier alpha value is -1.96. The molecule has 4 heteroatoms. The maximum atomic E-state index is 12.9. The third-order valence-corrected chi connectivity index (χ3v) is 9.41. The quantitative estimate of drug-likeness (QED) is 0.419. The Morgan fingerprint density at radius 1 is 0.778 bits per heavy atom. The SMILES string of the molecule is CCOC(=O)[C@H](C)[P+](c1ccccc1)(c1ccccc1)c1ccccc1.[Br-]. The molecule has 3 aromatic carbocycles. The molecule has 0 amide bonds. The number of carbonyl (C=O) groups excluding carboxylic acids is 1. The van der Waals surface area contributed by atoms with Crippen molar-refractivity contribution < 1.29 is 26.5 Å². The number of halogens is 1. The second kappa shape index (κ2) is 9.82. The molecule has 0 aromatic heterocycles. The zero-order valence-corrected chi connectivity index (χ0v) is 18.1. The first-order chi connectivity index (χ1) is 12.7. The van der Waals surface area contributed by atoms with E-state index < -0.39 is 7.26 Å². The molecular formula is C23H24BrO2P. The lowest BCUT2D eigenvalue weighted by molar-refractivity contribution is -0.142. The van der Waals surface area contributed by atoms with E-state index in [4.69, 9.17) is 4.74 Å². The monoisotopic (exact) mass is 442 g/mol. The normalized spacial score (nSPS) is 11.9. The summed E-state index contributed by atoms with van der Waals surface area (Å²) in [6.45, 7) is 4.26. The van der Waals surface area contributed by atoms with Crippen LogP contribution in [0, 0.1) is 0 Å². The van der Waals surface area contributed by atoms with E-state index in [0.29, 0.717) is 6.61 Å². The van der Waals surface area contributed by atoms with E-state index in [-0.39, 0.29) is 28.6 Å². The predicted octanol–water partition coefficient (Wildman–Crippen LogP) is 0.936. The summed E-state index contributed by atoms with van der Waals surface area (Å²) in [5, 5.41) is 3.58. The van der Waals surface area contributed by atoms with Crippen molar-refractivity contribution in [2.75, 3.05) is 6.61 Å². The number of esters is 1. The van der Waals surface area contributed by atoms with Gasteiger partial charge >= 0.3 is 5.97 Å². The number of carbonyl (C=O) groups is 1. The standard InChI is InChI=1S/C23H24O2P.BrH/c1-3-25-23(24)19(2)26(20-13-7-4-8-14-20,21-15-9-5-10-16-21)22-17-11-6-12-18-22;/h4-19H,3H2,1-2H3;1H/q+1;/p-1/t19-;/m0./s1. The summed E-state index contributed by atoms with van der Waals surface area (Å²) in [6.07, 6.45) is 0. The van der Waals surface area contributed by atoms with Gasteiger partial charge in [0.05, 0.1) is 6.61 Å². The summed E-state index contributed by atoms with van der Waals surface area (Å²) in [5.41, 5.74) is -0.269. The summed E-state index contributed by atoms with van der Waals surface area (Å²) in [5.74, 6) is -0.141. The summed E-state index contributed by atoms with van der Waals surface area (Å²) in [4.78, 5) is 12.9. The predicted molar refractivity (Wildman–Crippen MR) is 111 cm³/mol. The molecular weight excluding hydrogens is 419 g/mol. The molecule has 0 heterocycles. The number of hydrogen-bond donors (Lipinski definition) is 0. The van der Waals surface area contributed by atoms with Crippen LogP contribution in [-0.4, -0.2) is 18.2 Å². The van der Waals surface area contributed by atoms with Gasteiger partial charge in [-0.3, -0.25) is 0 Å². The van der Waals surface area contributed by atoms with Gasteiger partial charge in [0.25, 0.3) is 0 Å². The molecule has 0 aliphatic heterocycles. The summed E-state index contributed by atoms with van der Waals surface area (Å²) < 4.78 is 5.46. The fourth-order valence-electron chi connectivity index (χ4n) is 3.53. The number of rotatable bonds is 6. The third-order valence-electron chi connectivity index (χ3n) is 4.70. The number of hydrogen-bond acceptors (Lipinski definition) is 2. The van der Waals surface area contributed by atoms with Gasteiger partial charge in [0.1, 0.15) is 23.2 Å². The van der Waals surface area contributed by atoms with Gasteiger partial charge in [-0.05, 0) is 50.2 Å². The molecule has 0 radical (unpaired) electrons. The topological polar surface area (TPSA) is 26.3 Å². The highest BCUT2D eigenvalue weighted by molar-refractivity contribution is 7.96. The van der Waals surface area contributed by atoms with Crippen LogP contribution < -0.4 is 32.9 Å². The van der Waals surface area contributed by atoms with Gasteiger partial charge < -0.3 is 21.7 Å². The Morgan fingerprint density at radius 3 is 1.41 bits per heavy atom. The van der Waals surface area contributed by atoms with Crippen LogP contribution in [0.4, 0.5) is 0 Å². The van der Waals surface area contributed by atoms with Crippen molar-refractivity contribution in [1.82, 2.24) is 0 Å². The summed E-state index contributed by atoms with van der Waals surface area (Å²) in [6, 6.07) is 31.2. The molecule has 0 bridgehead atoms. The first-order valence-electron chi connectivity index (χ1n) is 8.93. The average molecular weight is 443 g/mol. The molecule has 3 rings (SSSR count). The van der Waals surface area contributed by atoms with Crippen molar-refractivity contribution >= 4 is 29.1 Å². The molecule has 140 valence electrons. The number of ether oxygens (including phenoxy) is 1. The fourth-order valence-corrected chi connectivity index (χ4v) is 8.08. The molecule has 0 unspecified atom stereocenters. The highest BCUT2D eigenvalue weighted by Gasteiger charge is 2.54. The lowest BCUT2D eigenvalue weighted by Crippen LogP contribution is -3.00. The smallest absolute Gasteiger partial charge is 0.347 e. The first-order valence-corrected chi connectivity index (χ1v) is 10.8. The van der Waals surface area contributed by atoms with Crippen LogP contribution in [0.15, 0.2) is 91.0 Å². The number of benzene rings is 3. The summed E-state index contributed by atoms with van der Waals surface area (Å²) >= 11 is 0. The Labute approximate surface area is 172 Å².